The second-order valence-corrected chi connectivity index (χ2v) is 10.00. The Bertz CT molecular complexity index is 1060. The number of fused-ring (bicyclic) bond motifs is 3. The van der Waals surface area contributed by atoms with E-state index in [1.54, 1.807) is 13.8 Å². The number of benzene rings is 2. The van der Waals surface area contributed by atoms with Crippen molar-refractivity contribution in [1.29, 1.82) is 0 Å². The fourth-order valence-corrected chi connectivity index (χ4v) is 5.19. The predicted octanol–water partition coefficient (Wildman–Crippen LogP) is 4.85. The number of hydrogen-bond acceptors (Lipinski definition) is 4. The number of carboxylic acids is 1. The molecule has 0 spiro atoms. The molecule has 35 heavy (non-hydrogen) atoms. The highest BCUT2D eigenvalue weighted by atomic mass is 16.5. The van der Waals surface area contributed by atoms with Crippen molar-refractivity contribution in [2.45, 2.75) is 63.8 Å². The third-order valence-corrected chi connectivity index (χ3v) is 7.76. The van der Waals surface area contributed by atoms with Gasteiger partial charge in [-0.2, -0.15) is 0 Å². The van der Waals surface area contributed by atoms with Gasteiger partial charge in [0, 0.05) is 12.5 Å². The zero-order valence-corrected chi connectivity index (χ0v) is 20.4. The van der Waals surface area contributed by atoms with Crippen molar-refractivity contribution in [2.24, 2.45) is 5.41 Å². The number of rotatable bonds is 8. The summed E-state index contributed by atoms with van der Waals surface area (Å²) in [6, 6.07) is 16.3. The highest BCUT2D eigenvalue weighted by Gasteiger charge is 2.43. The number of carboxylic acid groups (broad SMARTS) is 1. The van der Waals surface area contributed by atoms with Gasteiger partial charge in [-0.25, -0.2) is 4.79 Å². The summed E-state index contributed by atoms with van der Waals surface area (Å²) in [7, 11) is 0. The molecular weight excluding hydrogens is 444 g/mol. The molecule has 7 nitrogen and oxygen atoms in total. The maximum absolute atomic E-state index is 13.3. The lowest BCUT2D eigenvalue weighted by Crippen LogP contribution is -2.61. The maximum atomic E-state index is 13.3. The lowest BCUT2D eigenvalue weighted by molar-refractivity contribution is -0.148. The van der Waals surface area contributed by atoms with Crippen LogP contribution in [0.2, 0.25) is 0 Å². The van der Waals surface area contributed by atoms with Crippen molar-refractivity contribution < 1.29 is 24.2 Å². The molecule has 2 amide bonds. The summed E-state index contributed by atoms with van der Waals surface area (Å²) in [4.78, 5) is 37.9. The molecule has 0 bridgehead atoms. The molecule has 0 heterocycles. The molecule has 1 saturated carbocycles. The third kappa shape index (κ3) is 4.90. The van der Waals surface area contributed by atoms with Crippen LogP contribution in [-0.4, -0.2) is 41.8 Å². The number of nitrogens with one attached hydrogen (secondary N) is 2. The minimum absolute atomic E-state index is 0.00574. The van der Waals surface area contributed by atoms with Crippen molar-refractivity contribution in [3.63, 3.8) is 0 Å². The van der Waals surface area contributed by atoms with Gasteiger partial charge >= 0.3 is 12.1 Å². The van der Waals surface area contributed by atoms with Crippen LogP contribution in [-0.2, 0) is 14.3 Å². The first kappa shape index (κ1) is 24.8. The Hall–Kier alpha value is -3.35. The monoisotopic (exact) mass is 478 g/mol. The van der Waals surface area contributed by atoms with Crippen molar-refractivity contribution in [2.75, 3.05) is 13.2 Å². The lowest BCUT2D eigenvalue weighted by atomic mass is 9.80. The van der Waals surface area contributed by atoms with Crippen LogP contribution >= 0.6 is 0 Å². The van der Waals surface area contributed by atoms with Crippen molar-refractivity contribution >= 4 is 18.0 Å². The van der Waals surface area contributed by atoms with Crippen LogP contribution in [0.15, 0.2) is 48.5 Å². The molecule has 186 valence electrons. The summed E-state index contributed by atoms with van der Waals surface area (Å²) in [6.45, 7) is 3.57. The largest absolute Gasteiger partial charge is 0.481 e. The number of alkyl carbamates (subject to hydrolysis) is 1. The molecule has 2 aromatic carbocycles. The molecule has 3 N–H and O–H groups in total. The Balaban J connectivity index is 1.44. The van der Waals surface area contributed by atoms with Gasteiger partial charge in [-0.3, -0.25) is 9.59 Å². The number of amides is 2. The minimum Gasteiger partial charge on any atom is -0.481 e. The van der Waals surface area contributed by atoms with Crippen LogP contribution in [0.25, 0.3) is 11.1 Å². The SMILES string of the molecule is CCC(C)(CNC(=O)C1(NC(=O)OCC2c3ccccc3-c3ccccc32)CCCCC1)C(=O)O. The van der Waals surface area contributed by atoms with Gasteiger partial charge in [0.1, 0.15) is 12.1 Å². The van der Waals surface area contributed by atoms with Gasteiger partial charge in [0.2, 0.25) is 5.91 Å². The van der Waals surface area contributed by atoms with E-state index in [2.05, 4.69) is 34.9 Å². The molecule has 1 atom stereocenters. The summed E-state index contributed by atoms with van der Waals surface area (Å²) < 4.78 is 5.70. The molecular formula is C28H34N2O5. The number of hydrogen-bond donors (Lipinski definition) is 3. The predicted molar refractivity (Wildman–Crippen MR) is 133 cm³/mol. The molecule has 2 aliphatic carbocycles. The average Bonchev–Trinajstić information content (AvgIpc) is 3.20. The van der Waals surface area contributed by atoms with E-state index in [0.717, 1.165) is 41.5 Å². The fourth-order valence-electron chi connectivity index (χ4n) is 5.19. The van der Waals surface area contributed by atoms with Gasteiger partial charge in [0.15, 0.2) is 0 Å². The molecule has 1 fully saturated rings. The number of carbonyl (C=O) groups excluding carboxylic acids is 2. The van der Waals surface area contributed by atoms with E-state index in [4.69, 9.17) is 4.74 Å². The van der Waals surface area contributed by atoms with Crippen molar-refractivity contribution in [1.82, 2.24) is 10.6 Å². The highest BCUT2D eigenvalue weighted by molar-refractivity contribution is 5.90. The Morgan fingerprint density at radius 2 is 1.57 bits per heavy atom. The van der Waals surface area contributed by atoms with Gasteiger partial charge in [0.25, 0.3) is 0 Å². The van der Waals surface area contributed by atoms with E-state index < -0.39 is 23.0 Å². The Labute approximate surface area is 206 Å². The van der Waals surface area contributed by atoms with Gasteiger partial charge in [0.05, 0.1) is 5.41 Å². The summed E-state index contributed by atoms with van der Waals surface area (Å²) in [5, 5.41) is 15.2. The first-order valence-electron chi connectivity index (χ1n) is 12.4. The zero-order chi connectivity index (χ0) is 25.1. The quantitative estimate of drug-likeness (QED) is 0.503. The standard InChI is InChI=1S/C28H34N2O5/c1-3-27(2,25(32)33)18-29-24(31)28(15-9-4-10-16-28)30-26(34)35-17-23-21-13-7-5-11-19(21)20-12-6-8-14-22(20)23/h5-8,11-14,23H,3-4,9-10,15-18H2,1-2H3,(H,29,31)(H,30,34)(H,32,33). The van der Waals surface area contributed by atoms with Gasteiger partial charge in [-0.15, -0.1) is 0 Å². The zero-order valence-electron chi connectivity index (χ0n) is 20.4. The third-order valence-electron chi connectivity index (χ3n) is 7.76. The van der Waals surface area contributed by atoms with Crippen LogP contribution < -0.4 is 10.6 Å². The number of ether oxygens (including phenoxy) is 1. The topological polar surface area (TPSA) is 105 Å². The second kappa shape index (κ2) is 10.1. The molecule has 0 saturated heterocycles. The lowest BCUT2D eigenvalue weighted by Gasteiger charge is -2.37. The van der Waals surface area contributed by atoms with E-state index in [9.17, 15) is 19.5 Å². The van der Waals surface area contributed by atoms with Gasteiger partial charge < -0.3 is 20.5 Å². The smallest absolute Gasteiger partial charge is 0.408 e. The molecule has 0 aromatic heterocycles. The summed E-state index contributed by atoms with van der Waals surface area (Å²) >= 11 is 0. The normalized spacial score (nSPS) is 18.0. The number of carbonyl (C=O) groups is 3. The maximum Gasteiger partial charge on any atom is 0.408 e. The van der Waals surface area contributed by atoms with E-state index >= 15 is 0 Å². The van der Waals surface area contributed by atoms with Crippen LogP contribution in [0.5, 0.6) is 0 Å². The highest BCUT2D eigenvalue weighted by Crippen LogP contribution is 2.44. The van der Waals surface area contributed by atoms with Crippen LogP contribution in [0.1, 0.15) is 69.4 Å². The summed E-state index contributed by atoms with van der Waals surface area (Å²) in [5.41, 5.74) is 2.40. The fraction of sp³-hybridized carbons (Fsp3) is 0.464. The molecule has 2 aliphatic rings. The molecule has 1 unspecified atom stereocenters. The van der Waals surface area contributed by atoms with Gasteiger partial charge in [-0.05, 0) is 48.4 Å². The van der Waals surface area contributed by atoms with Crippen molar-refractivity contribution in [3.8, 4) is 11.1 Å². The Morgan fingerprint density at radius 3 is 2.11 bits per heavy atom. The van der Waals surface area contributed by atoms with E-state index in [1.165, 1.54) is 0 Å². The van der Waals surface area contributed by atoms with Crippen molar-refractivity contribution in [3.05, 3.63) is 59.7 Å². The molecule has 4 rings (SSSR count). The first-order valence-corrected chi connectivity index (χ1v) is 12.4. The average molecular weight is 479 g/mol. The van der Waals surface area contributed by atoms with Gasteiger partial charge in [-0.1, -0.05) is 74.7 Å². The minimum atomic E-state index is -1.09. The molecule has 0 radical (unpaired) electrons. The molecule has 0 aliphatic heterocycles. The molecule has 2 aromatic rings. The second-order valence-electron chi connectivity index (χ2n) is 10.00. The number of aliphatic carboxylic acids is 1. The summed E-state index contributed by atoms with van der Waals surface area (Å²) in [5.74, 6) is -1.36. The van der Waals surface area contributed by atoms with Crippen LogP contribution in [0.4, 0.5) is 4.79 Å². The van der Waals surface area contributed by atoms with Crippen LogP contribution in [0, 0.1) is 5.41 Å². The van der Waals surface area contributed by atoms with E-state index in [0.29, 0.717) is 19.3 Å². The van der Waals surface area contributed by atoms with Crippen LogP contribution in [0.3, 0.4) is 0 Å². The van der Waals surface area contributed by atoms with E-state index in [-0.39, 0.29) is 25.0 Å². The van der Waals surface area contributed by atoms with E-state index in [1.807, 2.05) is 24.3 Å². The Morgan fingerprint density at radius 1 is 1.00 bits per heavy atom. The summed E-state index contributed by atoms with van der Waals surface area (Å²) in [6.07, 6.45) is 3.36. The molecule has 7 heteroatoms. The first-order chi connectivity index (χ1) is 16.8. The Kier molecular flexibility index (Phi) is 7.15.